The molecule has 32 heavy (non-hydrogen) atoms. The van der Waals surface area contributed by atoms with Crippen LogP contribution in [0.1, 0.15) is 30.0 Å². The van der Waals surface area contributed by atoms with Crippen molar-refractivity contribution >= 4 is 29.9 Å². The lowest BCUT2D eigenvalue weighted by Crippen LogP contribution is -2.36. The summed E-state index contributed by atoms with van der Waals surface area (Å²) in [6.07, 6.45) is 1.05. The predicted octanol–water partition coefficient (Wildman–Crippen LogP) is 4.00. The Morgan fingerprint density at radius 3 is 2.75 bits per heavy atom. The van der Waals surface area contributed by atoms with Gasteiger partial charge in [-0.05, 0) is 38.0 Å². The van der Waals surface area contributed by atoms with Crippen molar-refractivity contribution < 1.29 is 19.3 Å². The lowest BCUT2D eigenvalue weighted by atomic mass is 10.1. The Labute approximate surface area is 207 Å². The van der Waals surface area contributed by atoms with Crippen molar-refractivity contribution in [1.29, 1.82) is 0 Å². The lowest BCUT2D eigenvalue weighted by Gasteiger charge is -2.16. The van der Waals surface area contributed by atoms with Crippen molar-refractivity contribution in [2.24, 2.45) is 10.9 Å². The molecule has 1 heterocycles. The number of benzene rings is 2. The fourth-order valence-corrected chi connectivity index (χ4v) is 3.41. The van der Waals surface area contributed by atoms with Gasteiger partial charge >= 0.3 is 0 Å². The molecule has 0 spiro atoms. The molecule has 0 amide bonds. The highest BCUT2D eigenvalue weighted by molar-refractivity contribution is 14.0. The van der Waals surface area contributed by atoms with Crippen molar-refractivity contribution in [3.05, 3.63) is 53.1 Å². The summed E-state index contributed by atoms with van der Waals surface area (Å²) in [5, 5.41) is 16.8. The average Bonchev–Trinajstić information content (AvgIpc) is 3.29. The van der Waals surface area contributed by atoms with Crippen molar-refractivity contribution in [3.63, 3.8) is 0 Å². The van der Waals surface area contributed by atoms with E-state index in [0.717, 1.165) is 48.6 Å². The zero-order valence-electron chi connectivity index (χ0n) is 19.0. The number of aromatic hydroxyl groups is 1. The van der Waals surface area contributed by atoms with Gasteiger partial charge in [0, 0.05) is 36.7 Å². The molecule has 1 atom stereocenters. The van der Waals surface area contributed by atoms with Gasteiger partial charge in [-0.1, -0.05) is 24.3 Å². The van der Waals surface area contributed by atoms with Gasteiger partial charge in [-0.2, -0.15) is 0 Å². The number of methoxy groups -OCH3 is 1. The number of nitrogens with one attached hydrogen (secondary N) is 2. The predicted molar refractivity (Wildman–Crippen MR) is 137 cm³/mol. The fourth-order valence-electron chi connectivity index (χ4n) is 3.41. The number of phenolic OH excluding ortho intramolecular Hbond substituents is 1. The smallest absolute Gasteiger partial charge is 0.191 e. The summed E-state index contributed by atoms with van der Waals surface area (Å²) in [6, 6.07) is 11.6. The molecule has 8 heteroatoms. The first-order chi connectivity index (χ1) is 15.1. The second kappa shape index (κ2) is 13.4. The van der Waals surface area contributed by atoms with E-state index in [1.54, 1.807) is 13.2 Å². The second-order valence-electron chi connectivity index (χ2n) is 7.67. The number of rotatable bonds is 9. The second-order valence-corrected chi connectivity index (χ2v) is 7.67. The molecule has 1 aliphatic rings. The van der Waals surface area contributed by atoms with Gasteiger partial charge in [-0.15, -0.1) is 24.0 Å². The fraction of sp³-hybridized carbons (Fsp3) is 0.458. The Morgan fingerprint density at radius 2 is 2.03 bits per heavy atom. The van der Waals surface area contributed by atoms with Crippen molar-refractivity contribution in [2.45, 2.75) is 33.4 Å². The number of para-hydroxylation sites is 1. The summed E-state index contributed by atoms with van der Waals surface area (Å²) in [5.41, 5.74) is 2.93. The van der Waals surface area contributed by atoms with Gasteiger partial charge < -0.3 is 30.0 Å². The molecule has 7 nitrogen and oxygen atoms in total. The van der Waals surface area contributed by atoms with Crippen LogP contribution in [0.25, 0.3) is 0 Å². The van der Waals surface area contributed by atoms with Gasteiger partial charge in [0.25, 0.3) is 0 Å². The van der Waals surface area contributed by atoms with Gasteiger partial charge in [-0.3, -0.25) is 0 Å². The maximum atomic E-state index is 10.3. The summed E-state index contributed by atoms with van der Waals surface area (Å²) < 4.78 is 16.8. The van der Waals surface area contributed by atoms with Crippen LogP contribution in [0.15, 0.2) is 41.4 Å². The molecular formula is C24H34IN3O4. The number of aryl methyl sites for hydroxylation is 1. The van der Waals surface area contributed by atoms with E-state index < -0.39 is 0 Å². The first kappa shape index (κ1) is 26.1. The van der Waals surface area contributed by atoms with E-state index in [0.29, 0.717) is 37.3 Å². The highest BCUT2D eigenvalue weighted by Crippen LogP contribution is 2.29. The molecule has 1 fully saturated rings. The standard InChI is InChI=1S/C24H33N3O4.HI/c1-4-25-24(27-14-20-6-5-7-21(29-3)23(20)28)26-13-19-9-8-17(2)12-22(19)31-16-18-10-11-30-15-18;/h5-9,12,18,28H,4,10-11,13-16H2,1-3H3,(H2,25,26,27);1H. The molecule has 0 aliphatic carbocycles. The van der Waals surface area contributed by atoms with Crippen LogP contribution in [-0.2, 0) is 17.8 Å². The highest BCUT2D eigenvalue weighted by Gasteiger charge is 2.17. The number of hydrogen-bond donors (Lipinski definition) is 3. The van der Waals surface area contributed by atoms with Crippen LogP contribution >= 0.6 is 24.0 Å². The van der Waals surface area contributed by atoms with E-state index in [4.69, 9.17) is 19.2 Å². The molecule has 1 unspecified atom stereocenters. The van der Waals surface area contributed by atoms with Crippen molar-refractivity contribution in [3.8, 4) is 17.2 Å². The topological polar surface area (TPSA) is 84.3 Å². The van der Waals surface area contributed by atoms with Gasteiger partial charge in [0.2, 0.25) is 0 Å². The molecule has 1 aliphatic heterocycles. The molecule has 2 aromatic rings. The zero-order chi connectivity index (χ0) is 22.1. The quantitative estimate of drug-likeness (QED) is 0.247. The average molecular weight is 555 g/mol. The largest absolute Gasteiger partial charge is 0.504 e. The van der Waals surface area contributed by atoms with Gasteiger partial charge in [0.15, 0.2) is 17.5 Å². The maximum Gasteiger partial charge on any atom is 0.191 e. The summed E-state index contributed by atoms with van der Waals surface area (Å²) in [5.74, 6) is 2.58. The summed E-state index contributed by atoms with van der Waals surface area (Å²) in [7, 11) is 1.54. The van der Waals surface area contributed by atoms with Crippen LogP contribution in [0.5, 0.6) is 17.2 Å². The number of hydrogen-bond acceptors (Lipinski definition) is 5. The molecule has 0 radical (unpaired) electrons. The minimum absolute atomic E-state index is 0. The lowest BCUT2D eigenvalue weighted by molar-refractivity contribution is 0.166. The normalized spacial score (nSPS) is 15.7. The number of aliphatic imine (C=N–C) groups is 1. The molecule has 3 N–H and O–H groups in total. The first-order valence-corrected chi connectivity index (χ1v) is 10.8. The van der Waals surface area contributed by atoms with Gasteiger partial charge in [0.1, 0.15) is 5.75 Å². The number of ether oxygens (including phenoxy) is 3. The number of guanidine groups is 1. The van der Waals surface area contributed by atoms with Crippen LogP contribution in [0.2, 0.25) is 0 Å². The SMILES string of the molecule is CCNC(=NCc1ccc(C)cc1OCC1CCOC1)NCc1cccc(OC)c1O.I. The van der Waals surface area contributed by atoms with Crippen LogP contribution in [0.4, 0.5) is 0 Å². The van der Waals surface area contributed by atoms with Crippen molar-refractivity contribution in [2.75, 3.05) is 33.5 Å². The Balaban J connectivity index is 0.00000363. The Bertz CT molecular complexity index is 886. The van der Waals surface area contributed by atoms with Crippen LogP contribution < -0.4 is 20.1 Å². The molecule has 3 rings (SSSR count). The van der Waals surface area contributed by atoms with Gasteiger partial charge in [0.05, 0.1) is 26.9 Å². The summed E-state index contributed by atoms with van der Waals surface area (Å²) >= 11 is 0. The van der Waals surface area contributed by atoms with Crippen LogP contribution in [0.3, 0.4) is 0 Å². The molecule has 0 saturated carbocycles. The van der Waals surface area contributed by atoms with E-state index in [-0.39, 0.29) is 29.7 Å². The Hall–Kier alpha value is -2.20. The van der Waals surface area contributed by atoms with E-state index >= 15 is 0 Å². The number of nitrogens with zero attached hydrogens (tertiary/aromatic N) is 1. The minimum Gasteiger partial charge on any atom is -0.504 e. The zero-order valence-corrected chi connectivity index (χ0v) is 21.3. The third-order valence-electron chi connectivity index (χ3n) is 5.22. The third kappa shape index (κ3) is 7.44. The maximum absolute atomic E-state index is 10.3. The Kier molecular flexibility index (Phi) is 10.9. The Morgan fingerprint density at radius 1 is 1.19 bits per heavy atom. The highest BCUT2D eigenvalue weighted by atomic mass is 127. The van der Waals surface area contributed by atoms with E-state index in [2.05, 4.69) is 35.8 Å². The number of halogens is 1. The summed E-state index contributed by atoms with van der Waals surface area (Å²) in [6.45, 7) is 7.96. The van der Waals surface area contributed by atoms with E-state index in [1.807, 2.05) is 19.1 Å². The molecule has 0 bridgehead atoms. The van der Waals surface area contributed by atoms with E-state index in [9.17, 15) is 5.11 Å². The molecular weight excluding hydrogens is 521 g/mol. The third-order valence-corrected chi connectivity index (χ3v) is 5.22. The monoisotopic (exact) mass is 555 g/mol. The van der Waals surface area contributed by atoms with Crippen LogP contribution in [-0.4, -0.2) is 44.5 Å². The first-order valence-electron chi connectivity index (χ1n) is 10.8. The molecule has 1 saturated heterocycles. The molecule has 2 aromatic carbocycles. The van der Waals surface area contributed by atoms with Gasteiger partial charge in [-0.25, -0.2) is 4.99 Å². The van der Waals surface area contributed by atoms with Crippen LogP contribution in [0, 0.1) is 12.8 Å². The molecule has 176 valence electrons. The number of phenols is 1. The minimum atomic E-state index is 0. The summed E-state index contributed by atoms with van der Waals surface area (Å²) in [4.78, 5) is 4.72. The van der Waals surface area contributed by atoms with Crippen molar-refractivity contribution in [1.82, 2.24) is 10.6 Å². The van der Waals surface area contributed by atoms with E-state index in [1.165, 1.54) is 0 Å². The molecule has 0 aromatic heterocycles.